The lowest BCUT2D eigenvalue weighted by molar-refractivity contribution is -0.233. The average Bonchev–Trinajstić information content (AvgIpc) is 2.80. The molecule has 2 heterocycles. The number of nitrogens with zero attached hydrogens (tertiary/aromatic N) is 1. The molecule has 1 unspecified atom stereocenters. The van der Waals surface area contributed by atoms with Gasteiger partial charge in [0, 0.05) is 12.3 Å². The first-order valence-corrected chi connectivity index (χ1v) is 7.58. The van der Waals surface area contributed by atoms with E-state index in [9.17, 15) is 19.1 Å². The summed E-state index contributed by atoms with van der Waals surface area (Å²) in [5.41, 5.74) is -3.73. The first kappa shape index (κ1) is 17.3. The maximum atomic E-state index is 14.9. The number of aromatic amines is 1. The lowest BCUT2D eigenvalue weighted by Gasteiger charge is -2.24. The second kappa shape index (κ2) is 6.79. The van der Waals surface area contributed by atoms with E-state index >= 15 is 0 Å². The third-order valence-corrected chi connectivity index (χ3v) is 3.95. The van der Waals surface area contributed by atoms with Gasteiger partial charge in [0.1, 0.15) is 18.8 Å². The molecule has 1 aliphatic heterocycles. The van der Waals surface area contributed by atoms with E-state index in [0.717, 1.165) is 23.8 Å². The van der Waals surface area contributed by atoms with E-state index in [-0.39, 0.29) is 6.61 Å². The van der Waals surface area contributed by atoms with Crippen molar-refractivity contribution in [3.8, 4) is 5.75 Å². The van der Waals surface area contributed by atoms with Crippen LogP contribution in [0.25, 0.3) is 0 Å². The Labute approximate surface area is 141 Å². The van der Waals surface area contributed by atoms with Gasteiger partial charge in [0.25, 0.3) is 5.56 Å². The van der Waals surface area contributed by atoms with Crippen molar-refractivity contribution in [2.24, 2.45) is 0 Å². The molecule has 3 rings (SSSR count). The van der Waals surface area contributed by atoms with Crippen molar-refractivity contribution in [2.75, 3.05) is 6.61 Å². The van der Waals surface area contributed by atoms with Gasteiger partial charge in [0.15, 0.2) is 17.6 Å². The zero-order chi connectivity index (χ0) is 18.0. The minimum atomic E-state index is -2.27. The molecule has 25 heavy (non-hydrogen) atoms. The molecule has 1 aliphatic rings. The molecule has 4 atom stereocenters. The largest absolute Gasteiger partial charge is 0.387 e. The number of H-pyrrole nitrogens is 1. The Morgan fingerprint density at radius 1 is 1.32 bits per heavy atom. The number of alkyl halides is 1. The summed E-state index contributed by atoms with van der Waals surface area (Å²) < 4.78 is 21.2. The number of halogens is 1. The van der Waals surface area contributed by atoms with Crippen LogP contribution in [-0.4, -0.2) is 39.1 Å². The van der Waals surface area contributed by atoms with Crippen LogP contribution in [-0.2, 0) is 9.62 Å². The lowest BCUT2D eigenvalue weighted by atomic mass is 9.98. The zero-order valence-corrected chi connectivity index (χ0v) is 13.3. The van der Waals surface area contributed by atoms with Crippen molar-refractivity contribution in [2.45, 2.75) is 31.0 Å². The van der Waals surface area contributed by atoms with Crippen LogP contribution in [0.2, 0.25) is 0 Å². The van der Waals surface area contributed by atoms with E-state index in [4.69, 9.17) is 14.5 Å². The molecule has 1 aromatic carbocycles. The quantitative estimate of drug-likeness (QED) is 0.601. The zero-order valence-electron chi connectivity index (χ0n) is 13.3. The molecule has 9 heteroatoms. The van der Waals surface area contributed by atoms with Crippen molar-refractivity contribution in [3.63, 3.8) is 0 Å². The highest BCUT2D eigenvalue weighted by Gasteiger charge is 2.55. The van der Waals surface area contributed by atoms with Crippen LogP contribution >= 0.6 is 0 Å². The SMILES string of the molecule is C[C@]1(F)C(n2ccc(=O)[nH]c2=O)O[C@H](COOc2ccccc2)[C@H]1O. The first-order chi connectivity index (χ1) is 11.9. The van der Waals surface area contributed by atoms with Gasteiger partial charge in [0.2, 0.25) is 0 Å². The number of hydrogen-bond acceptors (Lipinski definition) is 6. The van der Waals surface area contributed by atoms with Gasteiger partial charge in [-0.05, 0) is 19.1 Å². The summed E-state index contributed by atoms with van der Waals surface area (Å²) in [7, 11) is 0. The van der Waals surface area contributed by atoms with Crippen LogP contribution in [0, 0.1) is 0 Å². The molecule has 0 radical (unpaired) electrons. The summed E-state index contributed by atoms with van der Waals surface area (Å²) in [4.78, 5) is 35.0. The number of benzene rings is 1. The number of aromatic nitrogens is 2. The smallest absolute Gasteiger partial charge is 0.330 e. The molecule has 1 aromatic heterocycles. The molecule has 8 nitrogen and oxygen atoms in total. The maximum absolute atomic E-state index is 14.9. The Morgan fingerprint density at radius 2 is 2.04 bits per heavy atom. The fourth-order valence-corrected chi connectivity index (χ4v) is 2.61. The van der Waals surface area contributed by atoms with Crippen molar-refractivity contribution < 1.29 is 24.0 Å². The number of aliphatic hydroxyl groups excluding tert-OH is 1. The summed E-state index contributed by atoms with van der Waals surface area (Å²) >= 11 is 0. The lowest BCUT2D eigenvalue weighted by Crippen LogP contribution is -2.43. The van der Waals surface area contributed by atoms with Crippen molar-refractivity contribution in [3.05, 3.63) is 63.4 Å². The topological polar surface area (TPSA) is 103 Å². The molecule has 2 aromatic rings. The monoisotopic (exact) mass is 352 g/mol. The Kier molecular flexibility index (Phi) is 4.71. The van der Waals surface area contributed by atoms with Gasteiger partial charge in [0.05, 0.1) is 0 Å². The summed E-state index contributed by atoms with van der Waals surface area (Å²) in [6.07, 6.45) is -2.93. The van der Waals surface area contributed by atoms with Crippen molar-refractivity contribution in [1.29, 1.82) is 0 Å². The molecule has 134 valence electrons. The van der Waals surface area contributed by atoms with E-state index in [1.807, 2.05) is 4.98 Å². The summed E-state index contributed by atoms with van der Waals surface area (Å²) in [5.74, 6) is 0.436. The van der Waals surface area contributed by atoms with Crippen LogP contribution in [0.4, 0.5) is 4.39 Å². The van der Waals surface area contributed by atoms with Gasteiger partial charge in [-0.15, -0.1) is 0 Å². The van der Waals surface area contributed by atoms with Crippen LogP contribution in [0.3, 0.4) is 0 Å². The van der Waals surface area contributed by atoms with Gasteiger partial charge in [-0.1, -0.05) is 18.2 Å². The molecule has 0 spiro atoms. The Bertz CT molecular complexity index is 834. The maximum Gasteiger partial charge on any atom is 0.330 e. The highest BCUT2D eigenvalue weighted by Crippen LogP contribution is 2.40. The van der Waals surface area contributed by atoms with Crippen LogP contribution < -0.4 is 16.1 Å². The highest BCUT2D eigenvalue weighted by molar-refractivity contribution is 5.20. The number of aliphatic hydroxyl groups is 1. The molecular formula is C16H17FN2O6. The van der Waals surface area contributed by atoms with Gasteiger partial charge in [-0.25, -0.2) is 9.18 Å². The van der Waals surface area contributed by atoms with Gasteiger partial charge in [-0.2, -0.15) is 4.89 Å². The molecule has 0 saturated carbocycles. The fourth-order valence-electron chi connectivity index (χ4n) is 2.61. The highest BCUT2D eigenvalue weighted by atomic mass is 19.1. The molecule has 0 aliphatic carbocycles. The summed E-state index contributed by atoms with van der Waals surface area (Å²) in [6, 6.07) is 9.68. The van der Waals surface area contributed by atoms with E-state index in [0.29, 0.717) is 5.75 Å². The number of rotatable bonds is 5. The molecule has 0 bridgehead atoms. The van der Waals surface area contributed by atoms with Crippen molar-refractivity contribution >= 4 is 0 Å². The van der Waals surface area contributed by atoms with Gasteiger partial charge < -0.3 is 14.7 Å². The Hall–Kier alpha value is -2.49. The Balaban J connectivity index is 1.71. The van der Waals surface area contributed by atoms with Gasteiger partial charge in [-0.3, -0.25) is 14.3 Å². The minimum absolute atomic E-state index is 0.260. The molecule has 0 amide bonds. The standard InChI is InChI=1S/C16H17FN2O6/c1-16(17)13(21)11(9-23-25-10-5-3-2-4-6-10)24-14(16)19-8-7-12(20)18-15(19)22/h2-8,11,13-14,21H,9H2,1H3,(H,18,20,22)/t11-,13-,14?,16-/m1/s1. The number of nitrogens with one attached hydrogen (secondary N) is 1. The Morgan fingerprint density at radius 3 is 2.72 bits per heavy atom. The average molecular weight is 352 g/mol. The van der Waals surface area contributed by atoms with Crippen LogP contribution in [0.5, 0.6) is 5.75 Å². The first-order valence-electron chi connectivity index (χ1n) is 7.58. The normalized spacial score (nSPS) is 28.8. The predicted octanol–water partition coefficient (Wildman–Crippen LogP) is 0.534. The minimum Gasteiger partial charge on any atom is -0.387 e. The number of hydrogen-bond donors (Lipinski definition) is 2. The van der Waals surface area contributed by atoms with Gasteiger partial charge >= 0.3 is 5.69 Å². The van der Waals surface area contributed by atoms with E-state index < -0.39 is 35.4 Å². The number of para-hydroxylation sites is 1. The third kappa shape index (κ3) is 3.48. The van der Waals surface area contributed by atoms with E-state index in [1.54, 1.807) is 30.3 Å². The predicted molar refractivity (Wildman–Crippen MR) is 83.8 cm³/mol. The van der Waals surface area contributed by atoms with E-state index in [2.05, 4.69) is 0 Å². The summed E-state index contributed by atoms with van der Waals surface area (Å²) in [5, 5.41) is 10.2. The third-order valence-electron chi connectivity index (χ3n) is 3.95. The van der Waals surface area contributed by atoms with Crippen molar-refractivity contribution in [1.82, 2.24) is 9.55 Å². The molecule has 2 N–H and O–H groups in total. The van der Waals surface area contributed by atoms with Crippen LogP contribution in [0.15, 0.2) is 52.2 Å². The van der Waals surface area contributed by atoms with Crippen LogP contribution in [0.1, 0.15) is 13.2 Å². The molecular weight excluding hydrogens is 335 g/mol. The molecule has 1 saturated heterocycles. The second-order valence-electron chi connectivity index (χ2n) is 5.82. The second-order valence-corrected chi connectivity index (χ2v) is 5.82. The summed E-state index contributed by atoms with van der Waals surface area (Å²) in [6.45, 7) is 0.849. The number of ether oxygens (including phenoxy) is 1. The van der Waals surface area contributed by atoms with E-state index in [1.165, 1.54) is 0 Å². The molecule has 1 fully saturated rings. The fraction of sp³-hybridized carbons (Fsp3) is 0.375.